The minimum Gasteiger partial charge on any atom is -0.496 e. The van der Waals surface area contributed by atoms with Gasteiger partial charge in [-0.25, -0.2) is 0 Å². The van der Waals surface area contributed by atoms with Gasteiger partial charge in [0.25, 0.3) is 0 Å². The molecule has 1 aliphatic heterocycles. The molecule has 0 amide bonds. The Bertz CT molecular complexity index is 925. The molecule has 0 radical (unpaired) electrons. The van der Waals surface area contributed by atoms with Gasteiger partial charge in [0.05, 0.1) is 13.2 Å². The molecule has 4 atom stereocenters. The number of nitrogens with zero attached hydrogens (tertiary/aromatic N) is 1. The maximum atomic E-state index is 6.86. The van der Waals surface area contributed by atoms with Gasteiger partial charge >= 0.3 is 0 Å². The summed E-state index contributed by atoms with van der Waals surface area (Å²) in [5.74, 6) is 2.17. The van der Waals surface area contributed by atoms with E-state index >= 15 is 0 Å². The first-order valence-electron chi connectivity index (χ1n) is 11.4. The highest BCUT2D eigenvalue weighted by Crippen LogP contribution is 2.49. The number of fused-ring (bicyclic) bond motifs is 1. The zero-order valence-corrected chi connectivity index (χ0v) is 20.6. The molecule has 1 saturated heterocycles. The molecule has 1 saturated carbocycles. The van der Waals surface area contributed by atoms with E-state index in [1.165, 1.54) is 18.4 Å². The fourth-order valence-electron chi connectivity index (χ4n) is 5.39. The van der Waals surface area contributed by atoms with Gasteiger partial charge in [-0.1, -0.05) is 77.8 Å². The van der Waals surface area contributed by atoms with Crippen LogP contribution in [0.4, 0.5) is 0 Å². The van der Waals surface area contributed by atoms with E-state index in [1.807, 2.05) is 18.2 Å². The standard InChI is InChI=1S/C27H34BrNO2/c1-19-15-16-22-25(18-19)31-26(21-12-6-7-13-23(21)28)29(27(22,2)3)17-9-11-20-10-5-8-14-24(20)30-4/h5-14,19,22,25-26H,15-18H2,1-4H3/b11-9+/t19-,22?,25?,26+/m1/s1. The Morgan fingerprint density at radius 2 is 1.87 bits per heavy atom. The van der Waals surface area contributed by atoms with Crippen molar-refractivity contribution in [3.8, 4) is 5.75 Å². The van der Waals surface area contributed by atoms with Gasteiger partial charge in [-0.3, -0.25) is 4.90 Å². The highest BCUT2D eigenvalue weighted by atomic mass is 79.9. The van der Waals surface area contributed by atoms with Gasteiger partial charge in [-0.05, 0) is 44.7 Å². The number of methoxy groups -OCH3 is 1. The molecule has 0 spiro atoms. The number of halogens is 1. The molecule has 2 fully saturated rings. The van der Waals surface area contributed by atoms with Crippen LogP contribution in [0.5, 0.6) is 5.75 Å². The number of ether oxygens (including phenoxy) is 2. The predicted octanol–water partition coefficient (Wildman–Crippen LogP) is 7.09. The average Bonchev–Trinajstić information content (AvgIpc) is 2.75. The molecule has 0 N–H and O–H groups in total. The first-order chi connectivity index (χ1) is 14.9. The van der Waals surface area contributed by atoms with Crippen molar-refractivity contribution < 1.29 is 9.47 Å². The van der Waals surface area contributed by atoms with Crippen molar-refractivity contribution >= 4 is 22.0 Å². The number of benzene rings is 2. The molecule has 2 unspecified atom stereocenters. The molecular formula is C27H34BrNO2. The van der Waals surface area contributed by atoms with Crippen molar-refractivity contribution in [2.24, 2.45) is 11.8 Å². The van der Waals surface area contributed by atoms with E-state index in [9.17, 15) is 0 Å². The first-order valence-corrected chi connectivity index (χ1v) is 12.2. The Hall–Kier alpha value is -1.62. The van der Waals surface area contributed by atoms with Gasteiger partial charge in [0.15, 0.2) is 0 Å². The summed E-state index contributed by atoms with van der Waals surface area (Å²) in [5.41, 5.74) is 2.34. The van der Waals surface area contributed by atoms with Crippen LogP contribution in [0.2, 0.25) is 0 Å². The van der Waals surface area contributed by atoms with Gasteiger partial charge in [-0.15, -0.1) is 0 Å². The van der Waals surface area contributed by atoms with Crippen LogP contribution in [-0.2, 0) is 4.74 Å². The maximum absolute atomic E-state index is 6.86. The fraction of sp³-hybridized carbons (Fsp3) is 0.481. The van der Waals surface area contributed by atoms with Gasteiger partial charge in [0.1, 0.15) is 12.0 Å². The SMILES string of the molecule is COc1ccccc1/C=C/CN1[C@H](c2ccccc2Br)OC2C[C@H](C)CCC2C1(C)C. The fourth-order valence-corrected chi connectivity index (χ4v) is 5.87. The van der Waals surface area contributed by atoms with E-state index in [1.54, 1.807) is 7.11 Å². The van der Waals surface area contributed by atoms with Crippen LogP contribution >= 0.6 is 15.9 Å². The Labute approximate surface area is 195 Å². The molecule has 3 nitrogen and oxygen atoms in total. The summed E-state index contributed by atoms with van der Waals surface area (Å²) in [6, 6.07) is 16.6. The second kappa shape index (κ2) is 9.48. The van der Waals surface area contributed by atoms with Gasteiger partial charge in [0, 0.05) is 33.6 Å². The summed E-state index contributed by atoms with van der Waals surface area (Å²) >= 11 is 3.78. The van der Waals surface area contributed by atoms with Gasteiger partial charge in [0.2, 0.25) is 0 Å². The normalized spacial score (nSPS) is 28.4. The molecule has 2 aliphatic rings. The molecule has 1 heterocycles. The average molecular weight is 484 g/mol. The molecule has 166 valence electrons. The van der Waals surface area contributed by atoms with Crippen molar-refractivity contribution in [2.75, 3.05) is 13.7 Å². The lowest BCUT2D eigenvalue weighted by Crippen LogP contribution is -2.61. The van der Waals surface area contributed by atoms with Crippen LogP contribution in [0.1, 0.15) is 57.4 Å². The van der Waals surface area contributed by atoms with Gasteiger partial charge < -0.3 is 9.47 Å². The summed E-state index contributed by atoms with van der Waals surface area (Å²) in [6.45, 7) is 7.99. The van der Waals surface area contributed by atoms with E-state index in [0.29, 0.717) is 12.0 Å². The number of hydrogen-bond donors (Lipinski definition) is 0. The lowest BCUT2D eigenvalue weighted by atomic mass is 9.69. The molecule has 4 heteroatoms. The van der Waals surface area contributed by atoms with Crippen molar-refractivity contribution in [3.63, 3.8) is 0 Å². The van der Waals surface area contributed by atoms with Crippen LogP contribution < -0.4 is 4.74 Å². The highest BCUT2D eigenvalue weighted by molar-refractivity contribution is 9.10. The second-order valence-corrected chi connectivity index (χ2v) is 10.4. The largest absolute Gasteiger partial charge is 0.496 e. The summed E-state index contributed by atoms with van der Waals surface area (Å²) in [5, 5.41) is 0. The summed E-state index contributed by atoms with van der Waals surface area (Å²) < 4.78 is 13.5. The lowest BCUT2D eigenvalue weighted by molar-refractivity contribution is -0.234. The molecule has 31 heavy (non-hydrogen) atoms. The van der Waals surface area contributed by atoms with E-state index in [-0.39, 0.29) is 11.8 Å². The second-order valence-electron chi connectivity index (χ2n) is 9.52. The number of rotatable bonds is 5. The number of hydrogen-bond acceptors (Lipinski definition) is 3. The molecule has 0 aromatic heterocycles. The topological polar surface area (TPSA) is 21.7 Å². The van der Waals surface area contributed by atoms with Crippen molar-refractivity contribution in [3.05, 3.63) is 70.2 Å². The zero-order chi connectivity index (χ0) is 22.0. The summed E-state index contributed by atoms with van der Waals surface area (Å²) in [7, 11) is 1.72. The van der Waals surface area contributed by atoms with E-state index in [0.717, 1.165) is 34.7 Å². The minimum atomic E-state index is -0.0700. The van der Waals surface area contributed by atoms with Crippen LogP contribution in [-0.4, -0.2) is 30.2 Å². The zero-order valence-electron chi connectivity index (χ0n) is 19.1. The van der Waals surface area contributed by atoms with E-state index in [4.69, 9.17) is 9.47 Å². The first kappa shape index (κ1) is 22.6. The van der Waals surface area contributed by atoms with Crippen LogP contribution in [0, 0.1) is 11.8 Å². The van der Waals surface area contributed by atoms with Gasteiger partial charge in [-0.2, -0.15) is 0 Å². The van der Waals surface area contributed by atoms with Crippen molar-refractivity contribution in [1.82, 2.24) is 4.90 Å². The number of para-hydroxylation sites is 1. The molecule has 0 bridgehead atoms. The third-order valence-electron chi connectivity index (χ3n) is 7.20. The molecule has 2 aromatic carbocycles. The molecule has 1 aliphatic carbocycles. The quantitative estimate of drug-likeness (QED) is 0.453. The lowest BCUT2D eigenvalue weighted by Gasteiger charge is -2.57. The van der Waals surface area contributed by atoms with Crippen LogP contribution in [0.15, 0.2) is 59.1 Å². The smallest absolute Gasteiger partial charge is 0.138 e. The van der Waals surface area contributed by atoms with Crippen LogP contribution in [0.3, 0.4) is 0 Å². The highest BCUT2D eigenvalue weighted by Gasteiger charge is 2.50. The third kappa shape index (κ3) is 4.62. The minimum absolute atomic E-state index is 0.0358. The third-order valence-corrected chi connectivity index (χ3v) is 7.92. The Morgan fingerprint density at radius 3 is 2.65 bits per heavy atom. The van der Waals surface area contributed by atoms with Crippen molar-refractivity contribution in [2.45, 2.75) is 57.9 Å². The Morgan fingerprint density at radius 1 is 1.13 bits per heavy atom. The van der Waals surface area contributed by atoms with Crippen molar-refractivity contribution in [1.29, 1.82) is 0 Å². The molecule has 2 aromatic rings. The monoisotopic (exact) mass is 483 g/mol. The maximum Gasteiger partial charge on any atom is 0.138 e. The van der Waals surface area contributed by atoms with E-state index in [2.05, 4.69) is 84.1 Å². The van der Waals surface area contributed by atoms with E-state index < -0.39 is 0 Å². The Balaban J connectivity index is 1.66. The molecular weight excluding hydrogens is 450 g/mol. The summed E-state index contributed by atoms with van der Waals surface area (Å²) in [6.07, 6.45) is 8.33. The summed E-state index contributed by atoms with van der Waals surface area (Å²) in [4.78, 5) is 2.54. The van der Waals surface area contributed by atoms with Crippen LogP contribution in [0.25, 0.3) is 6.08 Å². The Kier molecular flexibility index (Phi) is 6.90. The molecule has 4 rings (SSSR count). The predicted molar refractivity (Wildman–Crippen MR) is 131 cm³/mol.